The number of nitrogens with zero attached hydrogens (tertiary/aromatic N) is 4. The number of hydrogen-bond acceptors (Lipinski definition) is 8. The number of aliphatic hydroxyl groups excluding tert-OH is 1. The van der Waals surface area contributed by atoms with Crippen LogP contribution in [0.2, 0.25) is 0 Å². The molecule has 2 aliphatic rings. The highest BCUT2D eigenvalue weighted by atomic mass is 16.6. The Morgan fingerprint density at radius 2 is 1.67 bits per heavy atom. The second kappa shape index (κ2) is 16.1. The van der Waals surface area contributed by atoms with E-state index >= 15 is 0 Å². The smallest absolute Gasteiger partial charge is 0.410 e. The normalized spacial score (nSPS) is 21.7. The van der Waals surface area contributed by atoms with Gasteiger partial charge in [0.25, 0.3) is 5.91 Å². The second-order valence-corrected chi connectivity index (χ2v) is 13.7. The Bertz CT molecular complexity index is 1480. The van der Waals surface area contributed by atoms with E-state index in [4.69, 9.17) is 24.3 Å². The Balaban J connectivity index is 1.45. The molecule has 2 heterocycles. The fourth-order valence-corrected chi connectivity index (χ4v) is 6.75. The van der Waals surface area contributed by atoms with E-state index in [1.165, 1.54) is 0 Å². The molecular formula is C37H50N4O7. The Kier molecular flexibility index (Phi) is 11.9. The third-order valence-corrected chi connectivity index (χ3v) is 9.01. The predicted octanol–water partition coefficient (Wildman–Crippen LogP) is 4.73. The first-order valence-corrected chi connectivity index (χ1v) is 17.0. The number of imidazole rings is 1. The molecule has 0 spiro atoms. The maximum Gasteiger partial charge on any atom is 0.410 e. The van der Waals surface area contributed by atoms with Gasteiger partial charge in [0.2, 0.25) is 0 Å². The van der Waals surface area contributed by atoms with E-state index < -0.39 is 11.2 Å². The van der Waals surface area contributed by atoms with E-state index in [0.29, 0.717) is 63.5 Å². The molecule has 1 aliphatic heterocycles. The largest absolute Gasteiger partial charge is 0.444 e. The Morgan fingerprint density at radius 1 is 0.958 bits per heavy atom. The standard InChI is InChI=1S/C37H50N4O7/c1-36(2,3)48-35(44)39-18-19-40(30(25-39)24-28-12-6-4-7-13-28)34(43)32-33(29-14-8-5-9-15-29)41(27-38-32)31-16-10-11-17-37(31,45)26-47-23-22-46-21-20-42/h4-9,12-15,27,30-31,42,45H,10-11,16-26H2,1-3H3/t30-,31+,37+/m1/s1. The van der Waals surface area contributed by atoms with Crippen LogP contribution in [-0.2, 0) is 20.6 Å². The van der Waals surface area contributed by atoms with Gasteiger partial charge in [0.1, 0.15) is 11.2 Å². The molecule has 48 heavy (non-hydrogen) atoms. The molecule has 2 amide bonds. The summed E-state index contributed by atoms with van der Waals surface area (Å²) in [6.07, 6.45) is 4.90. The van der Waals surface area contributed by atoms with Crippen LogP contribution in [0.1, 0.15) is 68.5 Å². The molecule has 1 aliphatic carbocycles. The summed E-state index contributed by atoms with van der Waals surface area (Å²) in [6.45, 7) is 7.47. The summed E-state index contributed by atoms with van der Waals surface area (Å²) in [4.78, 5) is 36.0. The lowest BCUT2D eigenvalue weighted by Crippen LogP contribution is -2.58. The van der Waals surface area contributed by atoms with Crippen LogP contribution < -0.4 is 0 Å². The van der Waals surface area contributed by atoms with Crippen molar-refractivity contribution in [2.75, 3.05) is 52.7 Å². The summed E-state index contributed by atoms with van der Waals surface area (Å²) in [5, 5.41) is 21.0. The molecular weight excluding hydrogens is 612 g/mol. The van der Waals surface area contributed by atoms with Crippen molar-refractivity contribution >= 4 is 12.0 Å². The van der Waals surface area contributed by atoms with Crippen molar-refractivity contribution in [1.29, 1.82) is 0 Å². The van der Waals surface area contributed by atoms with Crippen molar-refractivity contribution in [3.8, 4) is 11.3 Å². The number of hydrogen-bond donors (Lipinski definition) is 2. The molecule has 11 nitrogen and oxygen atoms in total. The molecule has 1 aromatic heterocycles. The molecule has 1 saturated carbocycles. The van der Waals surface area contributed by atoms with Crippen LogP contribution in [0.4, 0.5) is 4.79 Å². The summed E-state index contributed by atoms with van der Waals surface area (Å²) < 4.78 is 18.9. The van der Waals surface area contributed by atoms with Gasteiger partial charge < -0.3 is 38.8 Å². The molecule has 0 unspecified atom stereocenters. The predicted molar refractivity (Wildman–Crippen MR) is 182 cm³/mol. The number of aromatic nitrogens is 2. The molecule has 1 saturated heterocycles. The molecule has 2 fully saturated rings. The number of carbonyl (C=O) groups excluding carboxylic acids is 2. The number of benzene rings is 2. The zero-order valence-corrected chi connectivity index (χ0v) is 28.4. The number of rotatable bonds is 12. The quantitative estimate of drug-likeness (QED) is 0.267. The van der Waals surface area contributed by atoms with Crippen molar-refractivity contribution in [1.82, 2.24) is 19.4 Å². The van der Waals surface area contributed by atoms with Crippen LogP contribution in [0.5, 0.6) is 0 Å². The molecule has 5 rings (SSSR count). The van der Waals surface area contributed by atoms with Gasteiger partial charge in [-0.25, -0.2) is 9.78 Å². The minimum absolute atomic E-state index is 0.0532. The van der Waals surface area contributed by atoms with Gasteiger partial charge in [-0.15, -0.1) is 0 Å². The fraction of sp³-hybridized carbons (Fsp3) is 0.541. The summed E-state index contributed by atoms with van der Waals surface area (Å²) >= 11 is 0. The lowest BCUT2D eigenvalue weighted by atomic mass is 9.80. The summed E-state index contributed by atoms with van der Waals surface area (Å²) in [7, 11) is 0. The molecule has 2 N–H and O–H groups in total. The lowest BCUT2D eigenvalue weighted by Gasteiger charge is -2.42. The number of aliphatic hydroxyl groups is 2. The zero-order chi connectivity index (χ0) is 34.1. The van der Waals surface area contributed by atoms with Gasteiger partial charge in [0.05, 0.1) is 57.1 Å². The first kappa shape index (κ1) is 35.5. The zero-order valence-electron chi connectivity index (χ0n) is 28.4. The van der Waals surface area contributed by atoms with Crippen molar-refractivity contribution in [2.24, 2.45) is 0 Å². The molecule has 0 radical (unpaired) electrons. The highest BCUT2D eigenvalue weighted by Crippen LogP contribution is 2.41. The van der Waals surface area contributed by atoms with E-state index in [2.05, 4.69) is 0 Å². The molecule has 3 aromatic rings. The van der Waals surface area contributed by atoms with E-state index in [1.807, 2.05) is 90.9 Å². The maximum atomic E-state index is 14.7. The van der Waals surface area contributed by atoms with Crippen LogP contribution in [0.3, 0.4) is 0 Å². The highest BCUT2D eigenvalue weighted by molar-refractivity contribution is 5.98. The Morgan fingerprint density at radius 3 is 2.38 bits per heavy atom. The van der Waals surface area contributed by atoms with Crippen LogP contribution in [-0.4, -0.2) is 111 Å². The Hall–Kier alpha value is -3.77. The molecule has 0 bridgehead atoms. The van der Waals surface area contributed by atoms with E-state index in [1.54, 1.807) is 11.2 Å². The lowest BCUT2D eigenvalue weighted by molar-refractivity contribution is -0.105. The van der Waals surface area contributed by atoms with Gasteiger partial charge in [0, 0.05) is 25.2 Å². The Labute approximate surface area is 283 Å². The monoisotopic (exact) mass is 662 g/mol. The molecule has 260 valence electrons. The SMILES string of the molecule is CC(C)(C)OC(=O)N1CCN(C(=O)c2ncn([C@H]3CCCC[C@]3(O)COCCOCCO)c2-c2ccccc2)[C@H](Cc2ccccc2)C1. The van der Waals surface area contributed by atoms with Crippen LogP contribution in [0, 0.1) is 0 Å². The summed E-state index contributed by atoms with van der Waals surface area (Å²) in [6, 6.07) is 19.0. The van der Waals surface area contributed by atoms with Crippen LogP contribution >= 0.6 is 0 Å². The van der Waals surface area contributed by atoms with Gasteiger partial charge in [-0.2, -0.15) is 0 Å². The maximum absolute atomic E-state index is 14.7. The number of ether oxygens (including phenoxy) is 3. The molecule has 11 heteroatoms. The molecule has 2 aromatic carbocycles. The fourth-order valence-electron chi connectivity index (χ4n) is 6.75. The highest BCUT2D eigenvalue weighted by Gasteiger charge is 2.43. The van der Waals surface area contributed by atoms with Crippen molar-refractivity contribution < 1.29 is 34.0 Å². The summed E-state index contributed by atoms with van der Waals surface area (Å²) in [5.74, 6) is -0.214. The minimum Gasteiger partial charge on any atom is -0.444 e. The number of carbonyl (C=O) groups is 2. The third-order valence-electron chi connectivity index (χ3n) is 9.01. The van der Waals surface area contributed by atoms with Crippen LogP contribution in [0.15, 0.2) is 67.0 Å². The average molecular weight is 663 g/mol. The number of amides is 2. The van der Waals surface area contributed by atoms with Gasteiger partial charge in [-0.1, -0.05) is 73.5 Å². The average Bonchev–Trinajstić information content (AvgIpc) is 3.51. The van der Waals surface area contributed by atoms with Gasteiger partial charge in [-0.05, 0) is 45.6 Å². The van der Waals surface area contributed by atoms with Crippen molar-refractivity contribution in [3.05, 3.63) is 78.2 Å². The van der Waals surface area contributed by atoms with E-state index in [0.717, 1.165) is 24.0 Å². The van der Waals surface area contributed by atoms with Crippen molar-refractivity contribution in [3.63, 3.8) is 0 Å². The van der Waals surface area contributed by atoms with Crippen LogP contribution in [0.25, 0.3) is 11.3 Å². The van der Waals surface area contributed by atoms with Crippen molar-refractivity contribution in [2.45, 2.75) is 76.2 Å². The topological polar surface area (TPSA) is 127 Å². The second-order valence-electron chi connectivity index (χ2n) is 13.7. The van der Waals surface area contributed by atoms with E-state index in [-0.39, 0.29) is 43.9 Å². The first-order chi connectivity index (χ1) is 23.1. The van der Waals surface area contributed by atoms with Gasteiger partial charge >= 0.3 is 6.09 Å². The van der Waals surface area contributed by atoms with Gasteiger partial charge in [-0.3, -0.25) is 4.79 Å². The number of piperazine rings is 1. The van der Waals surface area contributed by atoms with Gasteiger partial charge in [0.15, 0.2) is 5.69 Å². The third kappa shape index (κ3) is 8.82. The first-order valence-electron chi connectivity index (χ1n) is 17.0. The molecule has 3 atom stereocenters. The van der Waals surface area contributed by atoms with E-state index in [9.17, 15) is 14.7 Å². The minimum atomic E-state index is -1.17. The summed E-state index contributed by atoms with van der Waals surface area (Å²) in [5.41, 5.74) is 1.07.